The molecule has 1 atom stereocenters. The number of nitrogens with zero attached hydrogens (tertiary/aromatic N) is 3. The van der Waals surface area contributed by atoms with Crippen LogP contribution in [0.3, 0.4) is 0 Å². The number of fused-ring (bicyclic) bond motifs is 1. The summed E-state index contributed by atoms with van der Waals surface area (Å²) >= 11 is 1.28. The first kappa shape index (κ1) is 15.0. The van der Waals surface area contributed by atoms with Gasteiger partial charge in [0.05, 0.1) is 11.9 Å². The number of hydrogen-bond donors (Lipinski definition) is 2. The van der Waals surface area contributed by atoms with Gasteiger partial charge in [-0.3, -0.25) is 19.0 Å². The molecule has 1 amide bonds. The fourth-order valence-corrected chi connectivity index (χ4v) is 3.20. The average molecular weight is 323 g/mol. The molecule has 8 nitrogen and oxygen atoms in total. The first-order valence-corrected chi connectivity index (χ1v) is 8.08. The van der Waals surface area contributed by atoms with Gasteiger partial charge < -0.3 is 10.1 Å². The van der Waals surface area contributed by atoms with Gasteiger partial charge in [0.25, 0.3) is 5.56 Å². The molecule has 1 aliphatic rings. The van der Waals surface area contributed by atoms with Gasteiger partial charge in [-0.15, -0.1) is 10.2 Å². The molecule has 0 radical (unpaired) electrons. The zero-order valence-electron chi connectivity index (χ0n) is 12.2. The predicted molar refractivity (Wildman–Crippen MR) is 81.1 cm³/mol. The van der Waals surface area contributed by atoms with Gasteiger partial charge in [-0.2, -0.15) is 0 Å². The van der Waals surface area contributed by atoms with Gasteiger partial charge >= 0.3 is 0 Å². The summed E-state index contributed by atoms with van der Waals surface area (Å²) in [7, 11) is 0. The van der Waals surface area contributed by atoms with Crippen molar-refractivity contribution in [1.29, 1.82) is 0 Å². The Morgan fingerprint density at radius 1 is 1.59 bits per heavy atom. The number of aromatic nitrogens is 4. The number of rotatable bonds is 5. The number of aryl methyl sites for hydroxylation is 1. The molecule has 0 saturated carbocycles. The third kappa shape index (κ3) is 3.30. The van der Waals surface area contributed by atoms with Crippen molar-refractivity contribution in [2.45, 2.75) is 31.0 Å². The van der Waals surface area contributed by atoms with Crippen molar-refractivity contribution < 1.29 is 9.53 Å². The Balaban J connectivity index is 1.59. The van der Waals surface area contributed by atoms with E-state index in [9.17, 15) is 9.59 Å². The van der Waals surface area contributed by atoms with Crippen LogP contribution in [-0.2, 0) is 9.53 Å². The van der Waals surface area contributed by atoms with E-state index in [1.54, 1.807) is 11.3 Å². The predicted octanol–water partition coefficient (Wildman–Crippen LogP) is 0.113. The van der Waals surface area contributed by atoms with Crippen LogP contribution in [0, 0.1) is 6.92 Å². The van der Waals surface area contributed by atoms with Gasteiger partial charge in [-0.25, -0.2) is 0 Å². The molecule has 22 heavy (non-hydrogen) atoms. The largest absolute Gasteiger partial charge is 0.376 e. The quantitative estimate of drug-likeness (QED) is 0.758. The lowest BCUT2D eigenvalue weighted by molar-refractivity contribution is -0.119. The number of ether oxygens (including phenoxy) is 1. The number of thioether (sulfide) groups is 1. The van der Waals surface area contributed by atoms with E-state index in [4.69, 9.17) is 4.74 Å². The lowest BCUT2D eigenvalue weighted by atomic mass is 10.2. The maximum Gasteiger partial charge on any atom is 0.252 e. The third-order valence-corrected chi connectivity index (χ3v) is 4.37. The van der Waals surface area contributed by atoms with E-state index in [0.717, 1.165) is 25.1 Å². The lowest BCUT2D eigenvalue weighted by Crippen LogP contribution is -2.32. The van der Waals surface area contributed by atoms with Crippen LogP contribution in [0.1, 0.15) is 18.5 Å². The number of amides is 1. The minimum absolute atomic E-state index is 0.0701. The zero-order chi connectivity index (χ0) is 15.5. The van der Waals surface area contributed by atoms with Crippen molar-refractivity contribution in [3.63, 3.8) is 0 Å². The van der Waals surface area contributed by atoms with Crippen molar-refractivity contribution in [1.82, 2.24) is 24.9 Å². The molecule has 1 fully saturated rings. The van der Waals surface area contributed by atoms with E-state index in [1.165, 1.54) is 17.8 Å². The third-order valence-electron chi connectivity index (χ3n) is 3.44. The first-order chi connectivity index (χ1) is 10.6. The Hall–Kier alpha value is -1.87. The van der Waals surface area contributed by atoms with Gasteiger partial charge in [-0.05, 0) is 19.8 Å². The molecule has 0 unspecified atom stereocenters. The molecule has 0 bridgehead atoms. The van der Waals surface area contributed by atoms with Gasteiger partial charge in [-0.1, -0.05) is 11.8 Å². The summed E-state index contributed by atoms with van der Waals surface area (Å²) in [4.78, 5) is 25.8. The van der Waals surface area contributed by atoms with Gasteiger partial charge in [0, 0.05) is 24.9 Å². The lowest BCUT2D eigenvalue weighted by Gasteiger charge is -2.10. The highest BCUT2D eigenvalue weighted by molar-refractivity contribution is 7.99. The molecule has 2 aromatic rings. The van der Waals surface area contributed by atoms with E-state index < -0.39 is 0 Å². The van der Waals surface area contributed by atoms with E-state index in [2.05, 4.69) is 20.5 Å². The molecule has 3 heterocycles. The Kier molecular flexibility index (Phi) is 4.44. The smallest absolute Gasteiger partial charge is 0.252 e. The second kappa shape index (κ2) is 6.49. The molecule has 0 aliphatic carbocycles. The minimum atomic E-state index is -0.219. The number of nitrogens with one attached hydrogen (secondary N) is 2. The van der Waals surface area contributed by atoms with Crippen LogP contribution in [0.4, 0.5) is 0 Å². The van der Waals surface area contributed by atoms with Crippen LogP contribution in [0.25, 0.3) is 5.78 Å². The van der Waals surface area contributed by atoms with Crippen LogP contribution in [0.2, 0.25) is 0 Å². The summed E-state index contributed by atoms with van der Waals surface area (Å²) in [6.45, 7) is 3.12. The van der Waals surface area contributed by atoms with Crippen molar-refractivity contribution >= 4 is 23.4 Å². The van der Waals surface area contributed by atoms with E-state index in [-0.39, 0.29) is 23.3 Å². The molecule has 2 N–H and O–H groups in total. The number of H-pyrrole nitrogens is 1. The standard InChI is InChI=1S/C13H17N5O3S/c1-8-5-10(19)15-12-16-17-13(18(8)12)22-7-11(20)14-6-9-3-2-4-21-9/h5,9H,2-4,6-7H2,1H3,(H,14,20)(H,15,16,19)/t9-/m1/s1. The second-order valence-corrected chi connectivity index (χ2v) is 6.09. The fraction of sp³-hybridized carbons (Fsp3) is 0.538. The van der Waals surface area contributed by atoms with E-state index >= 15 is 0 Å². The summed E-state index contributed by atoms with van der Waals surface area (Å²) < 4.78 is 7.18. The number of hydrogen-bond acceptors (Lipinski definition) is 6. The normalized spacial score (nSPS) is 18.0. The maximum absolute atomic E-state index is 11.9. The Morgan fingerprint density at radius 3 is 3.23 bits per heavy atom. The second-order valence-electron chi connectivity index (χ2n) is 5.14. The fourth-order valence-electron chi connectivity index (χ4n) is 2.38. The first-order valence-electron chi connectivity index (χ1n) is 7.09. The molecule has 0 spiro atoms. The molecule has 1 aliphatic heterocycles. The summed E-state index contributed by atoms with van der Waals surface area (Å²) in [6, 6.07) is 1.47. The van der Waals surface area contributed by atoms with Crippen molar-refractivity contribution in [3.8, 4) is 0 Å². The molecule has 9 heteroatoms. The van der Waals surface area contributed by atoms with E-state index in [1.807, 2.05) is 0 Å². The highest BCUT2D eigenvalue weighted by Gasteiger charge is 2.17. The number of aromatic amines is 1. The highest BCUT2D eigenvalue weighted by atomic mass is 32.2. The van der Waals surface area contributed by atoms with Gasteiger partial charge in [0.1, 0.15) is 0 Å². The monoisotopic (exact) mass is 323 g/mol. The van der Waals surface area contributed by atoms with Crippen LogP contribution in [0.5, 0.6) is 0 Å². The molecule has 3 rings (SSSR count). The topological polar surface area (TPSA) is 101 Å². The average Bonchev–Trinajstić information content (AvgIpc) is 3.12. The molecule has 2 aromatic heterocycles. The molecule has 0 aromatic carbocycles. The zero-order valence-corrected chi connectivity index (χ0v) is 13.0. The summed E-state index contributed by atoms with van der Waals surface area (Å²) in [6.07, 6.45) is 2.18. The number of carbonyl (C=O) groups excluding carboxylic acids is 1. The number of carbonyl (C=O) groups is 1. The maximum atomic E-state index is 11.9. The molecule has 1 saturated heterocycles. The highest BCUT2D eigenvalue weighted by Crippen LogP contribution is 2.17. The molecular formula is C13H17N5O3S. The minimum Gasteiger partial charge on any atom is -0.376 e. The van der Waals surface area contributed by atoms with Gasteiger partial charge in [0.15, 0.2) is 5.16 Å². The Bertz CT molecular complexity index is 735. The summed E-state index contributed by atoms with van der Waals surface area (Å²) in [5.41, 5.74) is 0.509. The van der Waals surface area contributed by atoms with Crippen molar-refractivity contribution in [2.24, 2.45) is 0 Å². The molecule has 118 valence electrons. The van der Waals surface area contributed by atoms with Gasteiger partial charge in [0.2, 0.25) is 11.7 Å². The SMILES string of the molecule is Cc1cc(=O)[nH]c2nnc(SCC(=O)NC[C@H]3CCCO3)n12. The summed E-state index contributed by atoms with van der Waals surface area (Å²) in [5, 5.41) is 11.4. The van der Waals surface area contributed by atoms with Crippen LogP contribution in [-0.4, -0.2) is 50.5 Å². The van der Waals surface area contributed by atoms with Crippen LogP contribution >= 0.6 is 11.8 Å². The molecular weight excluding hydrogens is 306 g/mol. The Labute approximate surface area is 130 Å². The van der Waals surface area contributed by atoms with Crippen molar-refractivity contribution in [3.05, 3.63) is 22.1 Å². The Morgan fingerprint density at radius 2 is 2.45 bits per heavy atom. The van der Waals surface area contributed by atoms with Crippen LogP contribution < -0.4 is 10.9 Å². The van der Waals surface area contributed by atoms with Crippen molar-refractivity contribution in [2.75, 3.05) is 18.9 Å². The summed E-state index contributed by atoms with van der Waals surface area (Å²) in [5.74, 6) is 0.554. The van der Waals surface area contributed by atoms with Crippen LogP contribution in [0.15, 0.2) is 16.0 Å². The van der Waals surface area contributed by atoms with E-state index in [0.29, 0.717) is 17.5 Å².